The van der Waals surface area contributed by atoms with Crippen molar-refractivity contribution in [3.05, 3.63) is 0 Å². The highest BCUT2D eigenvalue weighted by Gasteiger charge is 1.59. The highest BCUT2D eigenvalue weighted by Crippen LogP contribution is 1.66. The Morgan fingerprint density at radius 1 is 0.846 bits per heavy atom. The molecule has 0 radical (unpaired) electrons. The van der Waals surface area contributed by atoms with Crippen molar-refractivity contribution in [2.75, 3.05) is 6.54 Å². The molecule has 0 saturated heterocycles. The van der Waals surface area contributed by atoms with Crippen molar-refractivity contribution >= 4 is 6.21 Å². The summed E-state index contributed by atoms with van der Waals surface area (Å²) < 4.78 is 0. The van der Waals surface area contributed by atoms with E-state index in [0.29, 0.717) is 0 Å². The number of hydrogen-bond acceptors (Lipinski definition) is 1. The first kappa shape index (κ1) is 23.0. The molecule has 0 rings (SSSR count). The second kappa shape index (κ2) is 60.9. The van der Waals surface area contributed by atoms with E-state index in [2.05, 4.69) is 25.8 Å². The molecule has 0 aliphatic heterocycles. The lowest BCUT2D eigenvalue weighted by Crippen LogP contribution is -1.68. The molecule has 1 heteroatoms. The molecule has 84 valence electrons. The highest BCUT2D eigenvalue weighted by atomic mass is 14.7. The van der Waals surface area contributed by atoms with Crippen LogP contribution < -0.4 is 0 Å². The van der Waals surface area contributed by atoms with E-state index in [0.717, 1.165) is 13.0 Å². The van der Waals surface area contributed by atoms with Gasteiger partial charge in [-0.3, -0.25) is 4.99 Å². The van der Waals surface area contributed by atoms with Gasteiger partial charge in [0.2, 0.25) is 0 Å². The fraction of sp³-hybridized carbons (Fsp3) is 0.917. The van der Waals surface area contributed by atoms with Crippen molar-refractivity contribution in [2.24, 2.45) is 4.99 Å². The minimum absolute atomic E-state index is 0.924. The van der Waals surface area contributed by atoms with Crippen molar-refractivity contribution in [1.29, 1.82) is 0 Å². The van der Waals surface area contributed by atoms with Crippen LogP contribution >= 0.6 is 0 Å². The lowest BCUT2D eigenvalue weighted by Gasteiger charge is -1.74. The van der Waals surface area contributed by atoms with E-state index < -0.39 is 0 Å². The SMILES string of the molecule is CC.CC.CCC.CCC=NCC. The maximum Gasteiger partial charge on any atom is 0.0357 e. The van der Waals surface area contributed by atoms with Crippen molar-refractivity contribution in [3.8, 4) is 0 Å². The van der Waals surface area contributed by atoms with Crippen molar-refractivity contribution in [3.63, 3.8) is 0 Å². The van der Waals surface area contributed by atoms with E-state index in [4.69, 9.17) is 0 Å². The predicted molar refractivity (Wildman–Crippen MR) is 68.0 cm³/mol. The second-order valence-electron chi connectivity index (χ2n) is 1.80. The van der Waals surface area contributed by atoms with Crippen molar-refractivity contribution < 1.29 is 0 Å². The van der Waals surface area contributed by atoms with Gasteiger partial charge in [-0.25, -0.2) is 0 Å². The molecule has 0 aliphatic carbocycles. The summed E-state index contributed by atoms with van der Waals surface area (Å²) >= 11 is 0. The summed E-state index contributed by atoms with van der Waals surface area (Å²) in [6.45, 7) is 17.3. The van der Waals surface area contributed by atoms with Crippen LogP contribution in [0.5, 0.6) is 0 Å². The van der Waals surface area contributed by atoms with Crippen LogP contribution in [0, 0.1) is 0 Å². The molecule has 0 heterocycles. The molecule has 0 bridgehead atoms. The molecule has 0 fully saturated rings. The van der Waals surface area contributed by atoms with Crippen LogP contribution in [0.15, 0.2) is 4.99 Å². The van der Waals surface area contributed by atoms with Gasteiger partial charge in [-0.1, -0.05) is 54.9 Å². The monoisotopic (exact) mass is 189 g/mol. The fourth-order valence-electron chi connectivity index (χ4n) is 0.258. The molecule has 0 atom stereocenters. The van der Waals surface area contributed by atoms with Crippen LogP contribution in [-0.2, 0) is 0 Å². The lowest BCUT2D eigenvalue weighted by atomic mass is 10.5. The van der Waals surface area contributed by atoms with Crippen LogP contribution in [0.25, 0.3) is 0 Å². The quantitative estimate of drug-likeness (QED) is 0.545. The predicted octanol–water partition coefficient (Wildman–Crippen LogP) is 4.96. The standard InChI is InChI=1S/C5H11N.C3H8.2C2H6/c1-3-5-6-4-2;1-3-2;2*1-2/h5H,3-4H2,1-2H3;3H2,1-2H3;2*1-2H3. The van der Waals surface area contributed by atoms with E-state index in [1.165, 1.54) is 6.42 Å². The van der Waals surface area contributed by atoms with Crippen LogP contribution in [0.2, 0.25) is 0 Å². The molecule has 0 unspecified atom stereocenters. The zero-order valence-corrected chi connectivity index (χ0v) is 11.1. The Labute approximate surface area is 86.7 Å². The minimum atomic E-state index is 0.924. The molecule has 1 nitrogen and oxygen atoms in total. The first-order chi connectivity index (χ1) is 6.33. The molecular weight excluding hydrogens is 158 g/mol. The van der Waals surface area contributed by atoms with Gasteiger partial charge in [-0.2, -0.15) is 0 Å². The van der Waals surface area contributed by atoms with Gasteiger partial charge in [0, 0.05) is 6.54 Å². The summed E-state index contributed by atoms with van der Waals surface area (Å²) in [5.41, 5.74) is 0. The van der Waals surface area contributed by atoms with Crippen LogP contribution in [0.1, 0.15) is 68.2 Å². The average molecular weight is 189 g/mol. The molecule has 13 heavy (non-hydrogen) atoms. The van der Waals surface area contributed by atoms with Crippen LogP contribution in [0.3, 0.4) is 0 Å². The van der Waals surface area contributed by atoms with Crippen molar-refractivity contribution in [1.82, 2.24) is 0 Å². The van der Waals surface area contributed by atoms with Gasteiger partial charge < -0.3 is 0 Å². The Morgan fingerprint density at radius 2 is 1.15 bits per heavy atom. The number of aliphatic imine (C=N–C) groups is 1. The second-order valence-corrected chi connectivity index (χ2v) is 1.80. The molecule has 0 aromatic heterocycles. The Bertz CT molecular complexity index is 43.1. The minimum Gasteiger partial charge on any atom is -0.298 e. The first-order valence-electron chi connectivity index (χ1n) is 5.81. The maximum absolute atomic E-state index is 3.97. The zero-order valence-electron chi connectivity index (χ0n) is 11.1. The third kappa shape index (κ3) is 153. The van der Waals surface area contributed by atoms with E-state index in [-0.39, 0.29) is 0 Å². The lowest BCUT2D eigenvalue weighted by molar-refractivity contribution is 1.09. The van der Waals surface area contributed by atoms with Gasteiger partial charge in [0.15, 0.2) is 0 Å². The van der Waals surface area contributed by atoms with Gasteiger partial charge in [0.05, 0.1) is 0 Å². The van der Waals surface area contributed by atoms with Gasteiger partial charge >= 0.3 is 0 Å². The van der Waals surface area contributed by atoms with Gasteiger partial charge in [0.1, 0.15) is 0 Å². The molecule has 0 N–H and O–H groups in total. The molecule has 0 saturated carbocycles. The molecular formula is C12H31N. The van der Waals surface area contributed by atoms with Gasteiger partial charge in [0.25, 0.3) is 0 Å². The topological polar surface area (TPSA) is 12.4 Å². The van der Waals surface area contributed by atoms with E-state index >= 15 is 0 Å². The van der Waals surface area contributed by atoms with Gasteiger partial charge in [-0.15, -0.1) is 0 Å². The number of nitrogens with zero attached hydrogens (tertiary/aromatic N) is 1. The molecule has 0 aromatic carbocycles. The normalized spacial score (nSPS) is 7.08. The average Bonchev–Trinajstić information content (AvgIpc) is 2.22. The third-order valence-electron chi connectivity index (χ3n) is 0.494. The number of hydrogen-bond donors (Lipinski definition) is 0. The molecule has 0 spiro atoms. The first-order valence-corrected chi connectivity index (χ1v) is 5.81. The Kier molecular flexibility index (Phi) is 108. The van der Waals surface area contributed by atoms with E-state index in [9.17, 15) is 0 Å². The molecule has 0 aromatic rings. The number of rotatable bonds is 2. The molecule has 0 amide bonds. The Hall–Kier alpha value is -0.330. The summed E-state index contributed by atoms with van der Waals surface area (Å²) in [4.78, 5) is 3.97. The summed E-state index contributed by atoms with van der Waals surface area (Å²) in [5, 5.41) is 0. The third-order valence-corrected chi connectivity index (χ3v) is 0.494. The summed E-state index contributed by atoms with van der Waals surface area (Å²) in [6, 6.07) is 0. The van der Waals surface area contributed by atoms with E-state index in [1.54, 1.807) is 0 Å². The van der Waals surface area contributed by atoms with Crippen molar-refractivity contribution in [2.45, 2.75) is 68.2 Å². The highest BCUT2D eigenvalue weighted by molar-refractivity contribution is 5.56. The van der Waals surface area contributed by atoms with Crippen LogP contribution in [0.4, 0.5) is 0 Å². The summed E-state index contributed by atoms with van der Waals surface area (Å²) in [7, 11) is 0. The smallest absolute Gasteiger partial charge is 0.0357 e. The maximum atomic E-state index is 3.97. The van der Waals surface area contributed by atoms with Gasteiger partial charge in [-0.05, 0) is 19.6 Å². The zero-order chi connectivity index (χ0) is 11.5. The Balaban J connectivity index is -0.0000000493. The Morgan fingerprint density at radius 3 is 1.23 bits per heavy atom. The molecule has 0 aliphatic rings. The van der Waals surface area contributed by atoms with E-state index in [1.807, 2.05) is 40.8 Å². The fourth-order valence-corrected chi connectivity index (χ4v) is 0.258. The van der Waals surface area contributed by atoms with Crippen LogP contribution in [-0.4, -0.2) is 12.8 Å². The summed E-state index contributed by atoms with van der Waals surface area (Å²) in [6.07, 6.45) is 4.24. The largest absolute Gasteiger partial charge is 0.298 e. The summed E-state index contributed by atoms with van der Waals surface area (Å²) in [5.74, 6) is 0.